The van der Waals surface area contributed by atoms with Crippen LogP contribution < -0.4 is 10.1 Å². The van der Waals surface area contributed by atoms with Crippen LogP contribution >= 0.6 is 11.3 Å². The molecule has 0 saturated heterocycles. The van der Waals surface area contributed by atoms with E-state index in [1.54, 1.807) is 36.8 Å². The van der Waals surface area contributed by atoms with Crippen molar-refractivity contribution < 1.29 is 9.53 Å². The summed E-state index contributed by atoms with van der Waals surface area (Å²) in [7, 11) is 1.55. The van der Waals surface area contributed by atoms with Gasteiger partial charge in [0, 0.05) is 22.8 Å². The van der Waals surface area contributed by atoms with Crippen molar-refractivity contribution in [1.82, 2.24) is 9.97 Å². The number of nitrogens with zero attached hydrogens (tertiary/aromatic N) is 2. The van der Waals surface area contributed by atoms with Crippen LogP contribution in [0, 0.1) is 0 Å². The average molecular weight is 387 g/mol. The number of benzene rings is 2. The molecule has 1 amide bonds. The number of aromatic nitrogens is 2. The Labute approximate surface area is 166 Å². The molecule has 0 aliphatic carbocycles. The highest BCUT2D eigenvalue weighted by Gasteiger charge is 2.13. The van der Waals surface area contributed by atoms with Crippen molar-refractivity contribution in [2.24, 2.45) is 0 Å². The first kappa shape index (κ1) is 17.9. The number of hydrogen-bond donors (Lipinski definition) is 1. The molecule has 4 aromatic rings. The van der Waals surface area contributed by atoms with Gasteiger partial charge in [0.15, 0.2) is 0 Å². The highest BCUT2D eigenvalue weighted by Crippen LogP contribution is 2.29. The summed E-state index contributed by atoms with van der Waals surface area (Å²) >= 11 is 1.54. The summed E-state index contributed by atoms with van der Waals surface area (Å²) in [5.74, 6) is 0.317. The van der Waals surface area contributed by atoms with E-state index in [0.717, 1.165) is 22.0 Å². The third-order valence-electron chi connectivity index (χ3n) is 4.16. The largest absolute Gasteiger partial charge is 0.496 e. The van der Waals surface area contributed by atoms with Gasteiger partial charge in [-0.25, -0.2) is 4.98 Å². The van der Waals surface area contributed by atoms with Gasteiger partial charge in [0.05, 0.1) is 24.1 Å². The molecule has 0 aliphatic rings. The van der Waals surface area contributed by atoms with Gasteiger partial charge >= 0.3 is 0 Å². The standard InChI is InChI=1S/C22H17N3O2S/c1-27-20-11-3-2-9-17(20)21(26)24-16-8-6-7-15(13-16)19-14-28-22(25-19)18-10-4-5-12-23-18/h2-14H,1H3,(H,24,26). The quantitative estimate of drug-likeness (QED) is 0.515. The van der Waals surface area contributed by atoms with E-state index in [2.05, 4.69) is 15.3 Å². The van der Waals surface area contributed by atoms with Crippen LogP contribution in [0.4, 0.5) is 5.69 Å². The molecule has 2 aromatic carbocycles. The van der Waals surface area contributed by atoms with Gasteiger partial charge in [0.1, 0.15) is 10.8 Å². The summed E-state index contributed by atoms with van der Waals surface area (Å²) in [6.07, 6.45) is 1.75. The van der Waals surface area contributed by atoms with Gasteiger partial charge in [-0.3, -0.25) is 9.78 Å². The second-order valence-electron chi connectivity index (χ2n) is 5.99. The highest BCUT2D eigenvalue weighted by molar-refractivity contribution is 7.13. The van der Waals surface area contributed by atoms with Crippen LogP contribution in [0.1, 0.15) is 10.4 Å². The SMILES string of the molecule is COc1ccccc1C(=O)Nc1cccc(-c2csc(-c3ccccn3)n2)c1. The summed E-state index contributed by atoms with van der Waals surface area (Å²) in [5, 5.41) is 5.78. The van der Waals surface area contributed by atoms with Crippen LogP contribution in [-0.4, -0.2) is 23.0 Å². The lowest BCUT2D eigenvalue weighted by Crippen LogP contribution is -2.13. The number of amides is 1. The highest BCUT2D eigenvalue weighted by atomic mass is 32.1. The first-order chi connectivity index (χ1) is 13.7. The summed E-state index contributed by atoms with van der Waals surface area (Å²) in [4.78, 5) is 21.6. The molecular weight excluding hydrogens is 370 g/mol. The Morgan fingerprint density at radius 2 is 1.86 bits per heavy atom. The van der Waals surface area contributed by atoms with E-state index in [1.165, 1.54) is 0 Å². The van der Waals surface area contributed by atoms with E-state index >= 15 is 0 Å². The number of ether oxygens (including phenoxy) is 1. The van der Waals surface area contributed by atoms with E-state index in [4.69, 9.17) is 4.74 Å². The zero-order valence-corrected chi connectivity index (χ0v) is 15.9. The van der Waals surface area contributed by atoms with Crippen molar-refractivity contribution in [3.8, 4) is 27.7 Å². The molecule has 138 valence electrons. The topological polar surface area (TPSA) is 64.1 Å². The lowest BCUT2D eigenvalue weighted by Gasteiger charge is -2.09. The number of rotatable bonds is 5. The Bertz CT molecular complexity index is 1110. The van der Waals surface area contributed by atoms with Crippen molar-refractivity contribution in [1.29, 1.82) is 0 Å². The molecule has 0 bridgehead atoms. The van der Waals surface area contributed by atoms with Crippen molar-refractivity contribution in [3.05, 3.63) is 83.9 Å². The summed E-state index contributed by atoms with van der Waals surface area (Å²) < 4.78 is 5.27. The van der Waals surface area contributed by atoms with Crippen molar-refractivity contribution >= 4 is 22.9 Å². The second-order valence-corrected chi connectivity index (χ2v) is 6.85. The fourth-order valence-corrected chi connectivity index (χ4v) is 3.60. The number of nitrogens with one attached hydrogen (secondary N) is 1. The number of hydrogen-bond acceptors (Lipinski definition) is 5. The van der Waals surface area contributed by atoms with Gasteiger partial charge in [-0.05, 0) is 36.4 Å². The van der Waals surface area contributed by atoms with Gasteiger partial charge in [0.2, 0.25) is 0 Å². The van der Waals surface area contributed by atoms with Gasteiger partial charge in [-0.1, -0.05) is 30.3 Å². The lowest BCUT2D eigenvalue weighted by atomic mass is 10.1. The number of thiazole rings is 1. The monoisotopic (exact) mass is 387 g/mol. The van der Waals surface area contributed by atoms with Crippen LogP contribution in [0.15, 0.2) is 78.3 Å². The van der Waals surface area contributed by atoms with E-state index in [1.807, 2.05) is 60.0 Å². The molecule has 2 aromatic heterocycles. The number of carbonyl (C=O) groups is 1. The average Bonchev–Trinajstić information content (AvgIpc) is 3.25. The maximum atomic E-state index is 12.6. The Morgan fingerprint density at radius 3 is 2.68 bits per heavy atom. The molecule has 28 heavy (non-hydrogen) atoms. The first-order valence-corrected chi connectivity index (χ1v) is 9.54. The van der Waals surface area contributed by atoms with E-state index in [9.17, 15) is 4.79 Å². The summed E-state index contributed by atoms with van der Waals surface area (Å²) in [5.41, 5.74) is 3.80. The Balaban J connectivity index is 1.57. The van der Waals surface area contributed by atoms with Gasteiger partial charge in [0.25, 0.3) is 5.91 Å². The predicted molar refractivity (Wildman–Crippen MR) is 112 cm³/mol. The minimum atomic E-state index is -0.220. The molecule has 4 rings (SSSR count). The summed E-state index contributed by atoms with van der Waals surface area (Å²) in [6.45, 7) is 0. The zero-order valence-electron chi connectivity index (χ0n) is 15.1. The van der Waals surface area contributed by atoms with E-state index in [0.29, 0.717) is 17.0 Å². The minimum absolute atomic E-state index is 0.220. The van der Waals surface area contributed by atoms with Crippen LogP contribution in [0.25, 0.3) is 22.0 Å². The lowest BCUT2D eigenvalue weighted by molar-refractivity contribution is 0.102. The third-order valence-corrected chi connectivity index (χ3v) is 5.02. The molecule has 0 spiro atoms. The minimum Gasteiger partial charge on any atom is -0.496 e. The number of para-hydroxylation sites is 1. The molecule has 5 nitrogen and oxygen atoms in total. The number of methoxy groups -OCH3 is 1. The fraction of sp³-hybridized carbons (Fsp3) is 0.0455. The molecule has 6 heteroatoms. The zero-order chi connectivity index (χ0) is 19.3. The van der Waals surface area contributed by atoms with Crippen molar-refractivity contribution in [3.63, 3.8) is 0 Å². The van der Waals surface area contributed by atoms with Crippen molar-refractivity contribution in [2.45, 2.75) is 0 Å². The Hall–Kier alpha value is -3.51. The van der Waals surface area contributed by atoms with Crippen LogP contribution in [0.2, 0.25) is 0 Å². The van der Waals surface area contributed by atoms with Gasteiger partial charge in [-0.2, -0.15) is 0 Å². The molecular formula is C22H17N3O2S. The maximum absolute atomic E-state index is 12.6. The van der Waals surface area contributed by atoms with Gasteiger partial charge < -0.3 is 10.1 Å². The molecule has 0 atom stereocenters. The molecule has 1 N–H and O–H groups in total. The van der Waals surface area contributed by atoms with Crippen molar-refractivity contribution in [2.75, 3.05) is 12.4 Å². The number of pyridine rings is 1. The smallest absolute Gasteiger partial charge is 0.259 e. The molecule has 0 fully saturated rings. The molecule has 0 saturated carbocycles. The molecule has 0 unspecified atom stereocenters. The maximum Gasteiger partial charge on any atom is 0.259 e. The fourth-order valence-electron chi connectivity index (χ4n) is 2.80. The van der Waals surface area contributed by atoms with Crippen LogP contribution in [-0.2, 0) is 0 Å². The van der Waals surface area contributed by atoms with E-state index < -0.39 is 0 Å². The third kappa shape index (κ3) is 3.77. The normalized spacial score (nSPS) is 10.5. The van der Waals surface area contributed by atoms with Gasteiger partial charge in [-0.15, -0.1) is 11.3 Å². The number of carbonyl (C=O) groups excluding carboxylic acids is 1. The predicted octanol–water partition coefficient (Wildman–Crippen LogP) is 5.13. The van der Waals surface area contributed by atoms with Crippen LogP contribution in [0.3, 0.4) is 0 Å². The molecule has 0 aliphatic heterocycles. The van der Waals surface area contributed by atoms with E-state index in [-0.39, 0.29) is 5.91 Å². The molecule has 0 radical (unpaired) electrons. The number of anilines is 1. The Kier molecular flexibility index (Phi) is 5.12. The second kappa shape index (κ2) is 8.02. The van der Waals surface area contributed by atoms with Crippen LogP contribution in [0.5, 0.6) is 5.75 Å². The Morgan fingerprint density at radius 1 is 1.00 bits per heavy atom. The molecule has 2 heterocycles. The summed E-state index contributed by atoms with van der Waals surface area (Å²) in [6, 6.07) is 20.5. The first-order valence-electron chi connectivity index (χ1n) is 8.66.